The Morgan fingerprint density at radius 3 is 2.38 bits per heavy atom. The molecule has 4 heteroatoms. The lowest BCUT2D eigenvalue weighted by atomic mass is 9.85. The molecule has 1 aliphatic carbocycles. The third-order valence-corrected chi connectivity index (χ3v) is 3.51. The van der Waals surface area contributed by atoms with E-state index in [-0.39, 0.29) is 11.6 Å². The highest BCUT2D eigenvalue weighted by Crippen LogP contribution is 2.31. The predicted octanol–water partition coefficient (Wildman–Crippen LogP) is 2.74. The van der Waals surface area contributed by atoms with Crippen molar-refractivity contribution in [2.24, 2.45) is 0 Å². The van der Waals surface area contributed by atoms with E-state index >= 15 is 0 Å². The van der Waals surface area contributed by atoms with E-state index in [1.54, 1.807) is 49.6 Å². The summed E-state index contributed by atoms with van der Waals surface area (Å²) in [5.74, 6) is 0.258. The number of ketones is 2. The molecule has 104 valence electrons. The topological polar surface area (TPSA) is 69.4 Å². The fourth-order valence-corrected chi connectivity index (χ4v) is 2.43. The third-order valence-electron chi connectivity index (χ3n) is 3.51. The Kier molecular flexibility index (Phi) is 3.06. The van der Waals surface area contributed by atoms with Crippen LogP contribution in [0.4, 0.5) is 5.69 Å². The lowest BCUT2D eigenvalue weighted by molar-refractivity contribution is 0.100. The minimum absolute atomic E-state index is 0.193. The normalized spacial score (nSPS) is 13.7. The van der Waals surface area contributed by atoms with Crippen molar-refractivity contribution in [3.63, 3.8) is 0 Å². The molecule has 2 aromatic rings. The van der Waals surface area contributed by atoms with Gasteiger partial charge in [-0.25, -0.2) is 0 Å². The number of anilines is 1. The number of carbonyl (C=O) groups is 2. The van der Waals surface area contributed by atoms with Gasteiger partial charge >= 0.3 is 0 Å². The molecule has 0 spiro atoms. The molecule has 2 N–H and O–H groups in total. The van der Waals surface area contributed by atoms with Crippen molar-refractivity contribution in [3.8, 4) is 5.75 Å². The van der Waals surface area contributed by atoms with E-state index in [2.05, 4.69) is 0 Å². The number of allylic oxidation sites excluding steroid dienone is 2. The molecule has 0 atom stereocenters. The number of ether oxygens (including phenoxy) is 1. The van der Waals surface area contributed by atoms with Gasteiger partial charge in [0.2, 0.25) is 0 Å². The zero-order valence-electron chi connectivity index (χ0n) is 11.4. The molecule has 0 heterocycles. The highest BCUT2D eigenvalue weighted by molar-refractivity contribution is 6.39. The van der Waals surface area contributed by atoms with E-state index in [4.69, 9.17) is 10.5 Å². The number of rotatable bonds is 2. The summed E-state index contributed by atoms with van der Waals surface area (Å²) < 4.78 is 5.09. The Morgan fingerprint density at radius 1 is 1.00 bits per heavy atom. The van der Waals surface area contributed by atoms with Crippen LogP contribution in [0.3, 0.4) is 0 Å². The van der Waals surface area contributed by atoms with Gasteiger partial charge in [0.15, 0.2) is 11.6 Å². The van der Waals surface area contributed by atoms with Crippen molar-refractivity contribution in [2.45, 2.75) is 0 Å². The maximum Gasteiger partial charge on any atom is 0.194 e. The van der Waals surface area contributed by atoms with E-state index < -0.39 is 0 Å². The van der Waals surface area contributed by atoms with Gasteiger partial charge in [0, 0.05) is 16.8 Å². The van der Waals surface area contributed by atoms with Gasteiger partial charge in [-0.15, -0.1) is 0 Å². The number of Topliss-reactive ketones (excluding diaryl/α,β-unsaturated/α-hetero) is 1. The lowest BCUT2D eigenvalue weighted by Crippen LogP contribution is -2.17. The van der Waals surface area contributed by atoms with E-state index in [9.17, 15) is 9.59 Å². The van der Waals surface area contributed by atoms with Gasteiger partial charge in [0.1, 0.15) is 5.75 Å². The lowest BCUT2D eigenvalue weighted by Gasteiger charge is -2.16. The molecule has 4 nitrogen and oxygen atoms in total. The van der Waals surface area contributed by atoms with Gasteiger partial charge in [-0.1, -0.05) is 24.3 Å². The van der Waals surface area contributed by atoms with E-state index in [1.165, 1.54) is 6.08 Å². The summed E-state index contributed by atoms with van der Waals surface area (Å²) in [4.78, 5) is 24.8. The molecule has 0 aromatic heterocycles. The van der Waals surface area contributed by atoms with Crippen LogP contribution >= 0.6 is 0 Å². The molecule has 0 bridgehead atoms. The van der Waals surface area contributed by atoms with Crippen LogP contribution in [0.1, 0.15) is 26.3 Å². The average Bonchev–Trinajstić information content (AvgIpc) is 2.51. The zero-order chi connectivity index (χ0) is 15.0. The molecule has 0 amide bonds. The molecule has 0 aliphatic heterocycles. The van der Waals surface area contributed by atoms with Gasteiger partial charge in [-0.2, -0.15) is 0 Å². The maximum atomic E-state index is 12.6. The second-order valence-electron chi connectivity index (χ2n) is 4.75. The number of nitrogen functional groups attached to an aromatic ring is 1. The Hall–Kier alpha value is -2.88. The van der Waals surface area contributed by atoms with Crippen LogP contribution in [0.5, 0.6) is 5.75 Å². The number of fused-ring (bicyclic) bond motifs is 1. The van der Waals surface area contributed by atoms with Crippen LogP contribution in [0.15, 0.2) is 48.5 Å². The maximum absolute atomic E-state index is 12.6. The first-order valence-corrected chi connectivity index (χ1v) is 6.45. The summed E-state index contributed by atoms with van der Waals surface area (Å²) >= 11 is 0. The summed E-state index contributed by atoms with van der Waals surface area (Å²) in [6.45, 7) is 0. The molecule has 0 saturated heterocycles. The molecule has 0 radical (unpaired) electrons. The molecule has 21 heavy (non-hydrogen) atoms. The van der Waals surface area contributed by atoms with Crippen molar-refractivity contribution >= 4 is 22.8 Å². The Bertz CT molecular complexity index is 773. The van der Waals surface area contributed by atoms with Crippen LogP contribution in [-0.4, -0.2) is 18.7 Å². The van der Waals surface area contributed by atoms with Crippen molar-refractivity contribution in [2.75, 3.05) is 12.8 Å². The first kappa shape index (κ1) is 13.1. The molecular weight excluding hydrogens is 266 g/mol. The number of hydrogen-bond acceptors (Lipinski definition) is 4. The fourth-order valence-electron chi connectivity index (χ4n) is 2.43. The SMILES string of the molecule is COc1ccc(C2=CC(=O)c3c(N)cccc3C2=O)cc1. The summed E-state index contributed by atoms with van der Waals surface area (Å²) in [5, 5.41) is 0. The third kappa shape index (κ3) is 2.10. The van der Waals surface area contributed by atoms with E-state index in [0.29, 0.717) is 33.7 Å². The monoisotopic (exact) mass is 279 g/mol. The summed E-state index contributed by atoms with van der Waals surface area (Å²) in [5.41, 5.74) is 7.83. The van der Waals surface area contributed by atoms with E-state index in [1.807, 2.05) is 0 Å². The average molecular weight is 279 g/mol. The number of hydrogen-bond donors (Lipinski definition) is 1. The van der Waals surface area contributed by atoms with Gasteiger partial charge in [-0.3, -0.25) is 9.59 Å². The van der Waals surface area contributed by atoms with Crippen LogP contribution in [0.25, 0.3) is 5.57 Å². The smallest absolute Gasteiger partial charge is 0.194 e. The fraction of sp³-hybridized carbons (Fsp3) is 0.0588. The minimum Gasteiger partial charge on any atom is -0.497 e. The molecular formula is C17H13NO3. The minimum atomic E-state index is -0.242. The summed E-state index contributed by atoms with van der Waals surface area (Å²) in [6.07, 6.45) is 1.35. The highest BCUT2D eigenvalue weighted by atomic mass is 16.5. The number of carbonyl (C=O) groups excluding carboxylic acids is 2. The quantitative estimate of drug-likeness (QED) is 0.858. The Balaban J connectivity index is 2.10. The molecule has 0 saturated carbocycles. The molecule has 2 aromatic carbocycles. The summed E-state index contributed by atoms with van der Waals surface area (Å²) in [7, 11) is 1.57. The molecule has 0 unspecified atom stereocenters. The molecule has 0 fully saturated rings. The first-order valence-electron chi connectivity index (χ1n) is 6.45. The summed E-state index contributed by atoms with van der Waals surface area (Å²) in [6, 6.07) is 11.9. The van der Waals surface area contributed by atoms with Crippen LogP contribution in [0, 0.1) is 0 Å². The van der Waals surface area contributed by atoms with Crippen molar-refractivity contribution in [3.05, 3.63) is 65.2 Å². The Morgan fingerprint density at radius 2 is 1.71 bits per heavy atom. The number of nitrogens with two attached hydrogens (primary N) is 1. The van der Waals surface area contributed by atoms with Crippen molar-refractivity contribution in [1.82, 2.24) is 0 Å². The highest BCUT2D eigenvalue weighted by Gasteiger charge is 2.27. The van der Waals surface area contributed by atoms with Gasteiger partial charge in [0.25, 0.3) is 0 Å². The van der Waals surface area contributed by atoms with Crippen molar-refractivity contribution in [1.29, 1.82) is 0 Å². The van der Waals surface area contributed by atoms with Crippen LogP contribution < -0.4 is 10.5 Å². The number of methoxy groups -OCH3 is 1. The zero-order valence-corrected chi connectivity index (χ0v) is 11.4. The Labute approximate surface area is 121 Å². The second-order valence-corrected chi connectivity index (χ2v) is 4.75. The van der Waals surface area contributed by atoms with Crippen LogP contribution in [0.2, 0.25) is 0 Å². The molecule has 3 rings (SSSR count). The predicted molar refractivity (Wildman–Crippen MR) is 80.5 cm³/mol. The first-order chi connectivity index (χ1) is 10.1. The standard InChI is InChI=1S/C17H13NO3/c1-21-11-7-5-10(6-8-11)13-9-15(19)16-12(17(13)20)3-2-4-14(16)18/h2-9H,18H2,1H3. The van der Waals surface area contributed by atoms with Crippen molar-refractivity contribution < 1.29 is 14.3 Å². The largest absolute Gasteiger partial charge is 0.497 e. The van der Waals surface area contributed by atoms with Gasteiger partial charge in [-0.05, 0) is 29.8 Å². The number of benzene rings is 2. The molecule has 1 aliphatic rings. The second kappa shape index (κ2) is 4.90. The van der Waals surface area contributed by atoms with Gasteiger partial charge in [0.05, 0.1) is 12.7 Å². The van der Waals surface area contributed by atoms with E-state index in [0.717, 1.165) is 0 Å². The van der Waals surface area contributed by atoms with Gasteiger partial charge < -0.3 is 10.5 Å². The van der Waals surface area contributed by atoms with Crippen LogP contribution in [-0.2, 0) is 0 Å².